The number of nitrogens with zero attached hydrogens (tertiary/aromatic N) is 1. The first-order chi connectivity index (χ1) is 9.52. The van der Waals surface area contributed by atoms with Crippen molar-refractivity contribution in [2.24, 2.45) is 0 Å². The smallest absolute Gasteiger partial charge is 0.326 e. The Morgan fingerprint density at radius 3 is 2.90 bits per heavy atom. The number of carbonyl (C=O) groups excluding carboxylic acids is 1. The normalized spacial score (nSPS) is 17.9. The summed E-state index contributed by atoms with van der Waals surface area (Å²) in [5, 5.41) is 11.6. The molecule has 1 aliphatic heterocycles. The number of ether oxygens (including phenoxy) is 1. The molecule has 0 radical (unpaired) electrons. The van der Waals surface area contributed by atoms with Gasteiger partial charge in [-0.1, -0.05) is 0 Å². The monoisotopic (exact) mass is 282 g/mol. The van der Waals surface area contributed by atoms with E-state index in [0.717, 1.165) is 6.07 Å². The largest absolute Gasteiger partial charge is 0.494 e. The summed E-state index contributed by atoms with van der Waals surface area (Å²) in [6.45, 7) is 0.381. The number of aliphatic carboxylic acids is 1. The Labute approximate surface area is 115 Å². The van der Waals surface area contributed by atoms with Crippen molar-refractivity contribution in [3.63, 3.8) is 0 Å². The Morgan fingerprint density at radius 1 is 1.50 bits per heavy atom. The molecule has 1 unspecified atom stereocenters. The number of amides is 2. The molecule has 0 bridgehead atoms. The van der Waals surface area contributed by atoms with E-state index < -0.39 is 23.9 Å². The summed E-state index contributed by atoms with van der Waals surface area (Å²) in [6.07, 6.45) is 1.08. The van der Waals surface area contributed by atoms with Gasteiger partial charge >= 0.3 is 12.0 Å². The quantitative estimate of drug-likeness (QED) is 0.887. The van der Waals surface area contributed by atoms with Crippen LogP contribution in [0.4, 0.5) is 14.9 Å². The van der Waals surface area contributed by atoms with Crippen molar-refractivity contribution in [2.75, 3.05) is 19.0 Å². The Hall–Kier alpha value is -2.31. The van der Waals surface area contributed by atoms with Crippen molar-refractivity contribution >= 4 is 17.7 Å². The number of benzene rings is 1. The molecule has 0 saturated carbocycles. The summed E-state index contributed by atoms with van der Waals surface area (Å²) in [5.74, 6) is -1.32. The molecule has 2 rings (SSSR count). The number of rotatable bonds is 3. The molecule has 1 aromatic carbocycles. The highest BCUT2D eigenvalue weighted by molar-refractivity contribution is 5.93. The first kappa shape index (κ1) is 14.1. The maximum Gasteiger partial charge on any atom is 0.326 e. The zero-order valence-electron chi connectivity index (χ0n) is 10.9. The molecule has 0 aliphatic carbocycles. The van der Waals surface area contributed by atoms with E-state index in [9.17, 15) is 14.0 Å². The second kappa shape index (κ2) is 5.77. The SMILES string of the molecule is COc1cc(F)ccc1NC(=O)N1CCCC1C(=O)O. The van der Waals surface area contributed by atoms with E-state index in [1.807, 2.05) is 0 Å². The molecular weight excluding hydrogens is 267 g/mol. The molecule has 0 aromatic heterocycles. The average molecular weight is 282 g/mol. The maximum absolute atomic E-state index is 13.1. The van der Waals surface area contributed by atoms with E-state index in [-0.39, 0.29) is 5.75 Å². The molecule has 1 heterocycles. The first-order valence-corrected chi connectivity index (χ1v) is 6.17. The second-order valence-corrected chi connectivity index (χ2v) is 4.46. The predicted molar refractivity (Wildman–Crippen MR) is 69.3 cm³/mol. The highest BCUT2D eigenvalue weighted by Gasteiger charge is 2.34. The molecule has 2 N–H and O–H groups in total. The molecule has 0 spiro atoms. The van der Waals surface area contributed by atoms with Gasteiger partial charge in [0.2, 0.25) is 0 Å². The van der Waals surface area contributed by atoms with Crippen LogP contribution in [0.1, 0.15) is 12.8 Å². The van der Waals surface area contributed by atoms with Gasteiger partial charge in [0.15, 0.2) is 0 Å². The van der Waals surface area contributed by atoms with Gasteiger partial charge in [0.25, 0.3) is 0 Å². The Morgan fingerprint density at radius 2 is 2.25 bits per heavy atom. The fourth-order valence-corrected chi connectivity index (χ4v) is 2.22. The Balaban J connectivity index is 2.13. The molecule has 7 heteroatoms. The lowest BCUT2D eigenvalue weighted by atomic mass is 10.2. The number of halogens is 1. The van der Waals surface area contributed by atoms with Gasteiger partial charge < -0.3 is 20.1 Å². The summed E-state index contributed by atoms with van der Waals surface area (Å²) < 4.78 is 18.0. The standard InChI is InChI=1S/C13H15FN2O4/c1-20-11-7-8(14)4-5-9(11)15-13(19)16-6-2-3-10(16)12(17)18/h4-5,7,10H,2-3,6H2,1H3,(H,15,19)(H,17,18). The van der Waals surface area contributed by atoms with Crippen LogP contribution >= 0.6 is 0 Å². The summed E-state index contributed by atoms with van der Waals surface area (Å²) in [7, 11) is 1.36. The minimum absolute atomic E-state index is 0.185. The van der Waals surface area contributed by atoms with Gasteiger partial charge in [-0.2, -0.15) is 0 Å². The molecule has 6 nitrogen and oxygen atoms in total. The van der Waals surface area contributed by atoms with Gasteiger partial charge in [-0.3, -0.25) is 0 Å². The molecule has 1 aliphatic rings. The van der Waals surface area contributed by atoms with Crippen LogP contribution in [0.25, 0.3) is 0 Å². The second-order valence-electron chi connectivity index (χ2n) is 4.46. The van der Waals surface area contributed by atoms with Gasteiger partial charge in [0, 0.05) is 12.6 Å². The van der Waals surface area contributed by atoms with Gasteiger partial charge in [-0.15, -0.1) is 0 Å². The summed E-state index contributed by atoms with van der Waals surface area (Å²) >= 11 is 0. The van der Waals surface area contributed by atoms with Crippen LogP contribution in [0, 0.1) is 5.82 Å². The molecule has 1 atom stereocenters. The lowest BCUT2D eigenvalue weighted by Gasteiger charge is -2.22. The van der Waals surface area contributed by atoms with Crippen molar-refractivity contribution in [3.05, 3.63) is 24.0 Å². The molecule has 20 heavy (non-hydrogen) atoms. The van der Waals surface area contributed by atoms with E-state index in [0.29, 0.717) is 25.1 Å². The van der Waals surface area contributed by atoms with E-state index in [4.69, 9.17) is 9.84 Å². The highest BCUT2D eigenvalue weighted by Crippen LogP contribution is 2.26. The minimum Gasteiger partial charge on any atom is -0.494 e. The van der Waals surface area contributed by atoms with E-state index in [1.165, 1.54) is 24.1 Å². The number of carboxylic acids is 1. The molecule has 2 amide bonds. The van der Waals surface area contributed by atoms with E-state index >= 15 is 0 Å². The summed E-state index contributed by atoms with van der Waals surface area (Å²) in [6, 6.07) is 2.37. The third kappa shape index (κ3) is 2.81. The summed E-state index contributed by atoms with van der Waals surface area (Å²) in [5.41, 5.74) is 0.301. The zero-order valence-corrected chi connectivity index (χ0v) is 10.9. The number of anilines is 1. The maximum atomic E-state index is 13.1. The number of hydrogen-bond acceptors (Lipinski definition) is 3. The first-order valence-electron chi connectivity index (χ1n) is 6.17. The number of carbonyl (C=O) groups is 2. The molecule has 1 fully saturated rings. The number of likely N-dealkylation sites (tertiary alicyclic amines) is 1. The van der Waals surface area contributed by atoms with Crippen LogP contribution < -0.4 is 10.1 Å². The van der Waals surface area contributed by atoms with Crippen molar-refractivity contribution in [3.8, 4) is 5.75 Å². The van der Waals surface area contributed by atoms with E-state index in [1.54, 1.807) is 0 Å². The molecular formula is C13H15FN2O4. The Kier molecular flexibility index (Phi) is 4.07. The van der Waals surface area contributed by atoms with Crippen molar-refractivity contribution in [2.45, 2.75) is 18.9 Å². The molecule has 1 aromatic rings. The van der Waals surface area contributed by atoms with E-state index in [2.05, 4.69) is 5.32 Å². The number of methoxy groups -OCH3 is 1. The molecule has 108 valence electrons. The third-order valence-electron chi connectivity index (χ3n) is 3.20. The zero-order chi connectivity index (χ0) is 14.7. The topological polar surface area (TPSA) is 78.9 Å². The van der Waals surface area contributed by atoms with Crippen molar-refractivity contribution < 1.29 is 23.8 Å². The lowest BCUT2D eigenvalue weighted by Crippen LogP contribution is -2.42. The van der Waals surface area contributed by atoms with Crippen molar-refractivity contribution in [1.82, 2.24) is 4.90 Å². The minimum atomic E-state index is -1.02. The van der Waals surface area contributed by atoms with Gasteiger partial charge in [0.05, 0.1) is 12.8 Å². The van der Waals surface area contributed by atoms with Crippen LogP contribution in [0.15, 0.2) is 18.2 Å². The number of hydrogen-bond donors (Lipinski definition) is 2. The van der Waals surface area contributed by atoms with Crippen LogP contribution in [0.2, 0.25) is 0 Å². The number of carboxylic acid groups (broad SMARTS) is 1. The van der Waals surface area contributed by atoms with Crippen LogP contribution in [-0.2, 0) is 4.79 Å². The predicted octanol–water partition coefficient (Wildman–Crippen LogP) is 1.92. The van der Waals surface area contributed by atoms with Crippen molar-refractivity contribution in [1.29, 1.82) is 0 Å². The van der Waals surface area contributed by atoms with Crippen LogP contribution in [-0.4, -0.2) is 41.7 Å². The van der Waals surface area contributed by atoms with Gasteiger partial charge in [-0.05, 0) is 25.0 Å². The lowest BCUT2D eigenvalue weighted by molar-refractivity contribution is -0.141. The number of urea groups is 1. The fourth-order valence-electron chi connectivity index (χ4n) is 2.22. The highest BCUT2D eigenvalue weighted by atomic mass is 19.1. The fraction of sp³-hybridized carbons (Fsp3) is 0.385. The Bertz CT molecular complexity index is 535. The third-order valence-corrected chi connectivity index (χ3v) is 3.20. The van der Waals surface area contributed by atoms with Gasteiger partial charge in [0.1, 0.15) is 17.6 Å². The molecule has 1 saturated heterocycles. The number of nitrogens with one attached hydrogen (secondary N) is 1. The summed E-state index contributed by atoms with van der Waals surface area (Å²) in [4.78, 5) is 24.4. The average Bonchev–Trinajstić information content (AvgIpc) is 2.90. The van der Waals surface area contributed by atoms with Crippen LogP contribution in [0.3, 0.4) is 0 Å². The van der Waals surface area contributed by atoms with Crippen LogP contribution in [0.5, 0.6) is 5.75 Å². The van der Waals surface area contributed by atoms with Gasteiger partial charge in [-0.25, -0.2) is 14.0 Å².